The van der Waals surface area contributed by atoms with E-state index in [-0.39, 0.29) is 19.8 Å². The molecule has 0 bridgehead atoms. The lowest BCUT2D eigenvalue weighted by Crippen LogP contribution is -2.48. The maximum Gasteiger partial charge on any atom is 0.176 e. The highest BCUT2D eigenvalue weighted by Gasteiger charge is 2.39. The lowest BCUT2D eigenvalue weighted by molar-refractivity contribution is -0.138. The molecule has 0 atom stereocenters. The summed E-state index contributed by atoms with van der Waals surface area (Å²) < 4.78 is 19.8. The number of aromatic nitrogens is 3. The van der Waals surface area contributed by atoms with Crippen molar-refractivity contribution in [3.05, 3.63) is 11.9 Å². The molecular formula is C8H12FN3O. The first-order valence-corrected chi connectivity index (χ1v) is 4.37. The minimum absolute atomic E-state index is 0.175. The van der Waals surface area contributed by atoms with Crippen molar-refractivity contribution in [3.8, 4) is 0 Å². The van der Waals surface area contributed by atoms with Gasteiger partial charge in [0.2, 0.25) is 0 Å². The minimum atomic E-state index is -1.22. The number of hydrogen-bond acceptors (Lipinski definition) is 3. The molecule has 1 fully saturated rings. The molecule has 1 aromatic rings. The van der Waals surface area contributed by atoms with E-state index in [0.29, 0.717) is 0 Å². The van der Waals surface area contributed by atoms with Gasteiger partial charge in [-0.1, -0.05) is 12.1 Å². The quantitative estimate of drug-likeness (QED) is 0.691. The average Bonchev–Trinajstić information content (AvgIpc) is 2.49. The van der Waals surface area contributed by atoms with E-state index in [0.717, 1.165) is 12.1 Å². The van der Waals surface area contributed by atoms with Crippen LogP contribution in [0.4, 0.5) is 4.39 Å². The zero-order valence-corrected chi connectivity index (χ0v) is 7.53. The van der Waals surface area contributed by atoms with E-state index < -0.39 is 5.67 Å². The topological polar surface area (TPSA) is 39.9 Å². The number of nitrogens with zero attached hydrogens (tertiary/aromatic N) is 3. The highest BCUT2D eigenvalue weighted by molar-refractivity contribution is 4.93. The van der Waals surface area contributed by atoms with Crippen LogP contribution in [0.15, 0.2) is 6.20 Å². The van der Waals surface area contributed by atoms with E-state index in [2.05, 4.69) is 10.3 Å². The Labute approximate surface area is 75.7 Å². The molecule has 0 radical (unpaired) electrons. The van der Waals surface area contributed by atoms with Gasteiger partial charge in [0, 0.05) is 6.20 Å². The zero-order chi connectivity index (χ0) is 9.31. The Morgan fingerprint density at radius 3 is 2.92 bits per heavy atom. The third-order valence-corrected chi connectivity index (χ3v) is 2.12. The van der Waals surface area contributed by atoms with Gasteiger partial charge in [-0.2, -0.15) is 0 Å². The number of ether oxygens (including phenoxy) is 1. The minimum Gasteiger partial charge on any atom is -0.374 e. The summed E-state index contributed by atoms with van der Waals surface area (Å²) in [6.45, 7) is 2.59. The van der Waals surface area contributed by atoms with Crippen LogP contribution in [0.3, 0.4) is 0 Å². The Hall–Kier alpha value is -0.970. The average molecular weight is 185 g/mol. The molecule has 0 N–H and O–H groups in total. The molecule has 72 valence electrons. The van der Waals surface area contributed by atoms with Crippen molar-refractivity contribution >= 4 is 0 Å². The van der Waals surface area contributed by atoms with Crippen LogP contribution in [0.5, 0.6) is 0 Å². The lowest BCUT2D eigenvalue weighted by Gasteiger charge is -2.33. The van der Waals surface area contributed by atoms with Crippen LogP contribution < -0.4 is 0 Å². The highest BCUT2D eigenvalue weighted by atomic mass is 19.1. The van der Waals surface area contributed by atoms with Gasteiger partial charge in [0.15, 0.2) is 5.67 Å². The summed E-state index contributed by atoms with van der Waals surface area (Å²) in [5.74, 6) is 0. The second kappa shape index (κ2) is 3.06. The fourth-order valence-corrected chi connectivity index (χ4v) is 1.28. The van der Waals surface area contributed by atoms with Crippen LogP contribution in [0, 0.1) is 0 Å². The van der Waals surface area contributed by atoms with Crippen molar-refractivity contribution in [2.75, 3.05) is 13.2 Å². The van der Waals surface area contributed by atoms with Crippen LogP contribution >= 0.6 is 0 Å². The maximum absolute atomic E-state index is 13.5. The summed E-state index contributed by atoms with van der Waals surface area (Å²) in [5, 5.41) is 7.71. The standard InChI is InChI=1S/C8H12FN3O/c1-2-7-3-12(11-10-7)4-8(9)5-13-6-8/h3H,2,4-6H2,1H3. The predicted molar refractivity (Wildman–Crippen MR) is 44.1 cm³/mol. The second-order valence-electron chi connectivity index (χ2n) is 3.40. The van der Waals surface area contributed by atoms with Crippen molar-refractivity contribution in [1.82, 2.24) is 15.0 Å². The van der Waals surface area contributed by atoms with E-state index in [9.17, 15) is 4.39 Å². The Bertz CT molecular complexity index is 295. The van der Waals surface area contributed by atoms with E-state index in [1.807, 2.05) is 6.92 Å². The Kier molecular flexibility index (Phi) is 2.03. The summed E-state index contributed by atoms with van der Waals surface area (Å²) in [6.07, 6.45) is 2.61. The molecule has 0 unspecified atom stereocenters. The molecule has 0 spiro atoms. The van der Waals surface area contributed by atoms with Gasteiger partial charge in [-0.05, 0) is 6.42 Å². The van der Waals surface area contributed by atoms with Crippen LogP contribution in [0.2, 0.25) is 0 Å². The Morgan fingerprint density at radius 2 is 2.46 bits per heavy atom. The number of hydrogen-bond donors (Lipinski definition) is 0. The van der Waals surface area contributed by atoms with Crippen molar-refractivity contribution < 1.29 is 9.13 Å². The van der Waals surface area contributed by atoms with Crippen molar-refractivity contribution in [2.24, 2.45) is 0 Å². The molecule has 0 saturated carbocycles. The predicted octanol–water partition coefficient (Wildman–Crippen LogP) is 0.579. The first-order chi connectivity index (χ1) is 6.22. The van der Waals surface area contributed by atoms with E-state index in [1.165, 1.54) is 0 Å². The monoisotopic (exact) mass is 185 g/mol. The third kappa shape index (κ3) is 1.70. The van der Waals surface area contributed by atoms with E-state index in [4.69, 9.17) is 4.74 Å². The molecule has 1 aromatic heterocycles. The van der Waals surface area contributed by atoms with Crippen molar-refractivity contribution in [3.63, 3.8) is 0 Å². The molecular weight excluding hydrogens is 173 g/mol. The molecule has 0 aromatic carbocycles. The molecule has 0 aliphatic carbocycles. The molecule has 1 aliphatic heterocycles. The Morgan fingerprint density at radius 1 is 1.69 bits per heavy atom. The number of aryl methyl sites for hydroxylation is 1. The summed E-state index contributed by atoms with van der Waals surface area (Å²) in [4.78, 5) is 0. The second-order valence-corrected chi connectivity index (χ2v) is 3.40. The molecule has 13 heavy (non-hydrogen) atoms. The summed E-state index contributed by atoms with van der Waals surface area (Å²) in [7, 11) is 0. The molecule has 2 heterocycles. The van der Waals surface area contributed by atoms with Gasteiger partial charge in [0.05, 0.1) is 25.5 Å². The normalized spacial score (nSPS) is 19.8. The maximum atomic E-state index is 13.5. The summed E-state index contributed by atoms with van der Waals surface area (Å²) in [6, 6.07) is 0. The largest absolute Gasteiger partial charge is 0.374 e. The number of rotatable bonds is 3. The van der Waals surface area contributed by atoms with Crippen LogP contribution in [0.1, 0.15) is 12.6 Å². The molecule has 5 heteroatoms. The van der Waals surface area contributed by atoms with Gasteiger partial charge < -0.3 is 4.74 Å². The molecule has 1 saturated heterocycles. The summed E-state index contributed by atoms with van der Waals surface area (Å²) in [5.41, 5.74) is -0.331. The number of alkyl halides is 1. The van der Waals surface area contributed by atoms with Gasteiger partial charge >= 0.3 is 0 Å². The SMILES string of the molecule is CCc1cn(CC2(F)COC2)nn1. The van der Waals surface area contributed by atoms with Crippen LogP contribution in [-0.2, 0) is 17.7 Å². The van der Waals surface area contributed by atoms with Crippen molar-refractivity contribution in [2.45, 2.75) is 25.6 Å². The molecule has 4 nitrogen and oxygen atoms in total. The first-order valence-electron chi connectivity index (χ1n) is 4.37. The van der Waals surface area contributed by atoms with Crippen molar-refractivity contribution in [1.29, 1.82) is 0 Å². The zero-order valence-electron chi connectivity index (χ0n) is 7.53. The van der Waals surface area contributed by atoms with Gasteiger partial charge in [0.1, 0.15) is 0 Å². The highest BCUT2D eigenvalue weighted by Crippen LogP contribution is 2.23. The third-order valence-electron chi connectivity index (χ3n) is 2.12. The fraction of sp³-hybridized carbons (Fsp3) is 0.750. The number of halogens is 1. The lowest BCUT2D eigenvalue weighted by atomic mass is 10.1. The van der Waals surface area contributed by atoms with Crippen LogP contribution in [0.25, 0.3) is 0 Å². The molecule has 0 amide bonds. The van der Waals surface area contributed by atoms with Gasteiger partial charge in [-0.3, -0.25) is 0 Å². The first kappa shape index (κ1) is 8.62. The smallest absolute Gasteiger partial charge is 0.176 e. The van der Waals surface area contributed by atoms with E-state index in [1.54, 1.807) is 10.9 Å². The Balaban J connectivity index is 2.01. The van der Waals surface area contributed by atoms with Crippen LogP contribution in [-0.4, -0.2) is 33.9 Å². The molecule has 2 rings (SSSR count). The summed E-state index contributed by atoms with van der Waals surface area (Å²) >= 11 is 0. The molecule has 1 aliphatic rings. The van der Waals surface area contributed by atoms with Gasteiger partial charge in [0.25, 0.3) is 0 Å². The van der Waals surface area contributed by atoms with Gasteiger partial charge in [-0.25, -0.2) is 9.07 Å². The fourth-order valence-electron chi connectivity index (χ4n) is 1.28. The van der Waals surface area contributed by atoms with Gasteiger partial charge in [-0.15, -0.1) is 5.10 Å². The van der Waals surface area contributed by atoms with E-state index >= 15 is 0 Å².